The molecule has 0 aromatic carbocycles. The van der Waals surface area contributed by atoms with Crippen molar-refractivity contribution in [3.8, 4) is 0 Å². The first kappa shape index (κ1) is 16.1. The number of nitrogens with one attached hydrogen (secondary N) is 1. The van der Waals surface area contributed by atoms with Gasteiger partial charge in [0.1, 0.15) is 6.10 Å². The largest absolute Gasteiger partial charge is 0.368 e. The molecule has 5 heteroatoms. The molecular formula is C15H27ClN2O2. The summed E-state index contributed by atoms with van der Waals surface area (Å²) in [7, 11) is 0. The van der Waals surface area contributed by atoms with Crippen LogP contribution in [0, 0.1) is 5.41 Å². The van der Waals surface area contributed by atoms with E-state index in [1.807, 2.05) is 0 Å². The molecule has 4 nitrogen and oxygen atoms in total. The van der Waals surface area contributed by atoms with E-state index in [-0.39, 0.29) is 24.4 Å². The number of amides is 1. The summed E-state index contributed by atoms with van der Waals surface area (Å²) in [5, 5.41) is 3.44. The van der Waals surface area contributed by atoms with Crippen LogP contribution in [0.15, 0.2) is 0 Å². The van der Waals surface area contributed by atoms with Gasteiger partial charge in [-0.25, -0.2) is 0 Å². The van der Waals surface area contributed by atoms with Crippen LogP contribution in [0.1, 0.15) is 44.9 Å². The zero-order valence-electron chi connectivity index (χ0n) is 12.2. The molecule has 116 valence electrons. The summed E-state index contributed by atoms with van der Waals surface area (Å²) in [4.78, 5) is 14.5. The van der Waals surface area contributed by atoms with Gasteiger partial charge in [0.2, 0.25) is 0 Å². The Morgan fingerprint density at radius 1 is 1.10 bits per heavy atom. The van der Waals surface area contributed by atoms with Crippen LogP contribution < -0.4 is 5.32 Å². The van der Waals surface area contributed by atoms with Crippen LogP contribution in [0.5, 0.6) is 0 Å². The highest BCUT2D eigenvalue weighted by molar-refractivity contribution is 5.85. The summed E-state index contributed by atoms with van der Waals surface area (Å²) >= 11 is 0. The quantitative estimate of drug-likeness (QED) is 0.805. The molecule has 3 aliphatic heterocycles. The number of piperidine rings is 2. The molecule has 0 radical (unpaired) electrons. The Hall–Kier alpha value is -0.320. The minimum atomic E-state index is -0.143. The maximum atomic E-state index is 12.4. The van der Waals surface area contributed by atoms with Gasteiger partial charge in [-0.3, -0.25) is 4.79 Å². The van der Waals surface area contributed by atoms with E-state index in [0.717, 1.165) is 52.0 Å². The molecule has 1 unspecified atom stereocenters. The van der Waals surface area contributed by atoms with Gasteiger partial charge in [-0.05, 0) is 63.5 Å². The highest BCUT2D eigenvalue weighted by atomic mass is 35.5. The van der Waals surface area contributed by atoms with Crippen molar-refractivity contribution in [1.29, 1.82) is 0 Å². The smallest absolute Gasteiger partial charge is 0.251 e. The SMILES string of the molecule is Cl.O=C(C1CCCCO1)N1CCC2(CCNCC2)CC1. The molecule has 0 bridgehead atoms. The van der Waals surface area contributed by atoms with E-state index in [1.165, 1.54) is 25.7 Å². The summed E-state index contributed by atoms with van der Waals surface area (Å²) in [6, 6.07) is 0. The zero-order chi connectivity index (χ0) is 13.1. The highest BCUT2D eigenvalue weighted by Gasteiger charge is 2.38. The second-order valence-corrected chi connectivity index (χ2v) is 6.43. The number of nitrogens with zero attached hydrogens (tertiary/aromatic N) is 1. The van der Waals surface area contributed by atoms with Gasteiger partial charge >= 0.3 is 0 Å². The molecule has 0 aromatic rings. The minimum absolute atomic E-state index is 0. The fourth-order valence-corrected chi connectivity index (χ4v) is 3.80. The standard InChI is InChI=1S/C15H26N2O2.ClH/c18-14(13-3-1-2-12-19-13)17-10-6-15(7-11-17)4-8-16-9-5-15;/h13,16H,1-12H2;1H. The van der Waals surface area contributed by atoms with Gasteiger partial charge < -0.3 is 15.0 Å². The zero-order valence-corrected chi connectivity index (χ0v) is 13.1. The van der Waals surface area contributed by atoms with E-state index in [1.54, 1.807) is 0 Å². The van der Waals surface area contributed by atoms with E-state index in [4.69, 9.17) is 4.74 Å². The normalized spacial score (nSPS) is 29.8. The molecule has 0 aromatic heterocycles. The third-order valence-electron chi connectivity index (χ3n) is 5.26. The lowest BCUT2D eigenvalue weighted by Gasteiger charge is -2.45. The Morgan fingerprint density at radius 3 is 2.40 bits per heavy atom. The first-order chi connectivity index (χ1) is 9.29. The average Bonchev–Trinajstić information content (AvgIpc) is 2.49. The molecular weight excluding hydrogens is 276 g/mol. The Balaban J connectivity index is 0.00000147. The Kier molecular flexibility index (Phi) is 5.70. The third-order valence-corrected chi connectivity index (χ3v) is 5.26. The second-order valence-electron chi connectivity index (χ2n) is 6.43. The average molecular weight is 303 g/mol. The number of carbonyl (C=O) groups excluding carboxylic acids is 1. The molecule has 20 heavy (non-hydrogen) atoms. The summed E-state index contributed by atoms with van der Waals surface area (Å²) in [6.45, 7) is 4.95. The molecule has 3 heterocycles. The minimum Gasteiger partial charge on any atom is -0.368 e. The number of rotatable bonds is 1. The molecule has 3 fully saturated rings. The summed E-state index contributed by atoms with van der Waals surface area (Å²) < 4.78 is 5.63. The first-order valence-corrected chi connectivity index (χ1v) is 7.90. The van der Waals surface area contributed by atoms with Gasteiger partial charge in [0.25, 0.3) is 5.91 Å². The van der Waals surface area contributed by atoms with Gasteiger partial charge in [0.05, 0.1) is 0 Å². The van der Waals surface area contributed by atoms with Crippen molar-refractivity contribution in [3.05, 3.63) is 0 Å². The van der Waals surface area contributed by atoms with Crippen LogP contribution in [0.2, 0.25) is 0 Å². The molecule has 0 aliphatic carbocycles. The predicted octanol–water partition coefficient (Wildman–Crippen LogP) is 1.97. The molecule has 1 amide bonds. The topological polar surface area (TPSA) is 41.6 Å². The number of carbonyl (C=O) groups is 1. The van der Waals surface area contributed by atoms with E-state index in [2.05, 4.69) is 10.2 Å². The van der Waals surface area contributed by atoms with Crippen LogP contribution in [0.3, 0.4) is 0 Å². The molecule has 1 spiro atoms. The number of ether oxygens (including phenoxy) is 1. The Morgan fingerprint density at radius 2 is 1.80 bits per heavy atom. The van der Waals surface area contributed by atoms with Gasteiger partial charge in [-0.15, -0.1) is 12.4 Å². The molecule has 1 N–H and O–H groups in total. The van der Waals surface area contributed by atoms with E-state index in [9.17, 15) is 4.79 Å². The number of hydrogen-bond acceptors (Lipinski definition) is 3. The molecule has 0 saturated carbocycles. The third kappa shape index (κ3) is 3.46. The lowest BCUT2D eigenvalue weighted by atomic mass is 9.71. The Bertz CT molecular complexity index is 316. The van der Waals surface area contributed by atoms with Crippen molar-refractivity contribution in [1.82, 2.24) is 10.2 Å². The maximum absolute atomic E-state index is 12.4. The van der Waals surface area contributed by atoms with E-state index < -0.39 is 0 Å². The van der Waals surface area contributed by atoms with E-state index in [0.29, 0.717) is 5.41 Å². The Labute approximate surface area is 128 Å². The summed E-state index contributed by atoms with van der Waals surface area (Å²) in [5.41, 5.74) is 0.523. The van der Waals surface area contributed by atoms with Crippen LogP contribution in [0.25, 0.3) is 0 Å². The lowest BCUT2D eigenvalue weighted by Crippen LogP contribution is -2.50. The van der Waals surface area contributed by atoms with Gasteiger partial charge in [-0.1, -0.05) is 0 Å². The van der Waals surface area contributed by atoms with Crippen molar-refractivity contribution < 1.29 is 9.53 Å². The fourth-order valence-electron chi connectivity index (χ4n) is 3.80. The van der Waals surface area contributed by atoms with Crippen LogP contribution in [-0.4, -0.2) is 49.7 Å². The van der Waals surface area contributed by atoms with Crippen LogP contribution in [0.4, 0.5) is 0 Å². The van der Waals surface area contributed by atoms with Crippen molar-refractivity contribution in [2.24, 2.45) is 5.41 Å². The second kappa shape index (κ2) is 7.10. The monoisotopic (exact) mass is 302 g/mol. The van der Waals surface area contributed by atoms with Crippen molar-refractivity contribution >= 4 is 18.3 Å². The highest BCUT2D eigenvalue weighted by Crippen LogP contribution is 2.39. The number of likely N-dealkylation sites (tertiary alicyclic amines) is 1. The van der Waals surface area contributed by atoms with Gasteiger partial charge in [0.15, 0.2) is 0 Å². The molecule has 3 rings (SSSR count). The van der Waals surface area contributed by atoms with E-state index >= 15 is 0 Å². The molecule has 3 aliphatic rings. The van der Waals surface area contributed by atoms with Crippen LogP contribution in [-0.2, 0) is 9.53 Å². The van der Waals surface area contributed by atoms with Crippen molar-refractivity contribution in [2.45, 2.75) is 51.0 Å². The number of hydrogen-bond donors (Lipinski definition) is 1. The first-order valence-electron chi connectivity index (χ1n) is 7.90. The predicted molar refractivity (Wildman–Crippen MR) is 81.2 cm³/mol. The molecule has 3 saturated heterocycles. The van der Waals surface area contributed by atoms with Crippen molar-refractivity contribution in [3.63, 3.8) is 0 Å². The van der Waals surface area contributed by atoms with Gasteiger partial charge in [-0.2, -0.15) is 0 Å². The molecule has 1 atom stereocenters. The maximum Gasteiger partial charge on any atom is 0.251 e. The van der Waals surface area contributed by atoms with Crippen LogP contribution >= 0.6 is 12.4 Å². The fraction of sp³-hybridized carbons (Fsp3) is 0.933. The number of halogens is 1. The van der Waals surface area contributed by atoms with Gasteiger partial charge in [0, 0.05) is 19.7 Å². The summed E-state index contributed by atoms with van der Waals surface area (Å²) in [6.07, 6.45) is 7.98. The summed E-state index contributed by atoms with van der Waals surface area (Å²) in [5.74, 6) is 0.253. The lowest BCUT2D eigenvalue weighted by molar-refractivity contribution is -0.149. The van der Waals surface area contributed by atoms with Crippen molar-refractivity contribution in [2.75, 3.05) is 32.8 Å².